The summed E-state index contributed by atoms with van der Waals surface area (Å²) in [7, 11) is 0. The van der Waals surface area contributed by atoms with E-state index >= 15 is 0 Å². The van der Waals surface area contributed by atoms with Crippen LogP contribution in [0.15, 0.2) is 6.07 Å². The normalized spacial score (nSPS) is 15.9. The van der Waals surface area contributed by atoms with Crippen LogP contribution in [0.2, 0.25) is 5.02 Å². The quantitative estimate of drug-likeness (QED) is 0.829. The van der Waals surface area contributed by atoms with Crippen LogP contribution in [0.1, 0.15) is 23.6 Å². The Morgan fingerprint density at radius 3 is 2.94 bits per heavy atom. The van der Waals surface area contributed by atoms with E-state index in [1.54, 1.807) is 0 Å². The van der Waals surface area contributed by atoms with Crippen LogP contribution in [-0.2, 0) is 17.6 Å². The largest absolute Gasteiger partial charge is 0.328 e. The van der Waals surface area contributed by atoms with Crippen molar-refractivity contribution in [1.29, 1.82) is 0 Å². The number of carbonyl (C=O) groups excluding carboxylic acids is 1. The highest BCUT2D eigenvalue weighted by Crippen LogP contribution is 2.35. The Bertz CT molecular complexity index is 455. The van der Waals surface area contributed by atoms with Gasteiger partial charge in [-0.25, -0.2) is 0 Å². The second-order valence-electron chi connectivity index (χ2n) is 4.42. The Hall–Kier alpha value is -1.06. The van der Waals surface area contributed by atoms with Crippen LogP contribution in [0.25, 0.3) is 0 Å². The molecule has 2 rings (SSSR count). The molecule has 1 heterocycles. The van der Waals surface area contributed by atoms with E-state index in [2.05, 4.69) is 5.32 Å². The molecule has 1 atom stereocenters. The molecule has 1 aliphatic rings. The molecule has 0 aromatic heterocycles. The first kappa shape index (κ1) is 11.4. The number of anilines is 1. The summed E-state index contributed by atoms with van der Waals surface area (Å²) in [4.78, 5) is 11.3. The average molecular weight is 239 g/mol. The molecule has 0 radical (unpaired) electrons. The zero-order valence-corrected chi connectivity index (χ0v) is 10.2. The van der Waals surface area contributed by atoms with E-state index in [1.165, 1.54) is 0 Å². The molecule has 0 fully saturated rings. The molecule has 1 aromatic rings. The third-order valence-corrected chi connectivity index (χ3v) is 3.34. The van der Waals surface area contributed by atoms with Gasteiger partial charge in [-0.15, -0.1) is 0 Å². The van der Waals surface area contributed by atoms with Gasteiger partial charge in [0.05, 0.1) is 6.42 Å². The van der Waals surface area contributed by atoms with Gasteiger partial charge in [0, 0.05) is 16.8 Å². The lowest BCUT2D eigenvalue weighted by Gasteiger charge is -2.13. The topological polar surface area (TPSA) is 55.1 Å². The van der Waals surface area contributed by atoms with Crippen molar-refractivity contribution in [2.45, 2.75) is 32.7 Å². The van der Waals surface area contributed by atoms with Gasteiger partial charge >= 0.3 is 0 Å². The maximum absolute atomic E-state index is 11.3. The van der Waals surface area contributed by atoms with Gasteiger partial charge in [-0.3, -0.25) is 4.79 Å². The fourth-order valence-corrected chi connectivity index (χ4v) is 2.33. The van der Waals surface area contributed by atoms with Crippen LogP contribution >= 0.6 is 11.6 Å². The van der Waals surface area contributed by atoms with Gasteiger partial charge < -0.3 is 11.1 Å². The standard InChI is InChI=1S/C12H15ClN2O/c1-6(14)3-8-4-9-5-10(16)15-12(9)7(2)11(8)13/h4,6H,3,5,14H2,1-2H3,(H,15,16). The van der Waals surface area contributed by atoms with Crippen LogP contribution in [0, 0.1) is 6.92 Å². The molecule has 3 N–H and O–H groups in total. The van der Waals surface area contributed by atoms with Crippen LogP contribution < -0.4 is 11.1 Å². The Labute approximate surface area is 100.0 Å². The average Bonchev–Trinajstić information content (AvgIpc) is 2.54. The Kier molecular flexibility index (Phi) is 2.91. The number of carbonyl (C=O) groups is 1. The first-order valence-corrected chi connectivity index (χ1v) is 5.73. The minimum atomic E-state index is 0.0344. The van der Waals surface area contributed by atoms with Crippen molar-refractivity contribution in [2.24, 2.45) is 5.73 Å². The fraction of sp³-hybridized carbons (Fsp3) is 0.417. The first-order chi connectivity index (χ1) is 7.49. The lowest BCUT2D eigenvalue weighted by molar-refractivity contribution is -0.115. The molecule has 0 aliphatic carbocycles. The second-order valence-corrected chi connectivity index (χ2v) is 4.79. The molecule has 4 heteroatoms. The molecule has 1 aliphatic heterocycles. The van der Waals surface area contributed by atoms with Crippen molar-refractivity contribution in [3.05, 3.63) is 27.8 Å². The lowest BCUT2D eigenvalue weighted by Crippen LogP contribution is -2.18. The summed E-state index contributed by atoms with van der Waals surface area (Å²) in [5.74, 6) is 0.0344. The zero-order valence-electron chi connectivity index (χ0n) is 9.43. The van der Waals surface area contributed by atoms with Gasteiger partial charge in [-0.05, 0) is 37.0 Å². The Morgan fingerprint density at radius 1 is 1.62 bits per heavy atom. The number of nitrogens with two attached hydrogens (primary N) is 1. The maximum atomic E-state index is 11.3. The minimum absolute atomic E-state index is 0.0344. The highest BCUT2D eigenvalue weighted by molar-refractivity contribution is 6.32. The number of hydrogen-bond donors (Lipinski definition) is 2. The molecule has 0 saturated carbocycles. The molecule has 0 spiro atoms. The summed E-state index contributed by atoms with van der Waals surface area (Å²) in [6, 6.07) is 2.06. The summed E-state index contributed by atoms with van der Waals surface area (Å²) in [6.45, 7) is 3.87. The van der Waals surface area contributed by atoms with Crippen molar-refractivity contribution in [2.75, 3.05) is 5.32 Å². The number of fused-ring (bicyclic) bond motifs is 1. The minimum Gasteiger partial charge on any atom is -0.328 e. The number of benzene rings is 1. The van der Waals surface area contributed by atoms with Gasteiger partial charge in [-0.1, -0.05) is 17.7 Å². The van der Waals surface area contributed by atoms with Gasteiger partial charge in [-0.2, -0.15) is 0 Å². The molecular weight excluding hydrogens is 224 g/mol. The monoisotopic (exact) mass is 238 g/mol. The summed E-state index contributed by atoms with van der Waals surface area (Å²) in [5.41, 5.74) is 9.66. The predicted octanol–water partition coefficient (Wildman–Crippen LogP) is 2.03. The molecule has 0 saturated heterocycles. The van der Waals surface area contributed by atoms with Crippen molar-refractivity contribution in [1.82, 2.24) is 0 Å². The van der Waals surface area contributed by atoms with Gasteiger partial charge in [0.1, 0.15) is 0 Å². The molecular formula is C12H15ClN2O. The van der Waals surface area contributed by atoms with Gasteiger partial charge in [0.2, 0.25) is 5.91 Å². The smallest absolute Gasteiger partial charge is 0.228 e. The van der Waals surface area contributed by atoms with E-state index in [0.717, 1.165) is 33.8 Å². The summed E-state index contributed by atoms with van der Waals surface area (Å²) < 4.78 is 0. The third-order valence-electron chi connectivity index (χ3n) is 2.81. The molecule has 1 aromatic carbocycles. The van der Waals surface area contributed by atoms with Crippen molar-refractivity contribution >= 4 is 23.2 Å². The maximum Gasteiger partial charge on any atom is 0.228 e. The molecule has 86 valence electrons. The number of nitrogens with one attached hydrogen (secondary N) is 1. The van der Waals surface area contributed by atoms with E-state index in [9.17, 15) is 4.79 Å². The molecule has 1 amide bonds. The van der Waals surface area contributed by atoms with Crippen molar-refractivity contribution < 1.29 is 4.79 Å². The second kappa shape index (κ2) is 4.07. The Morgan fingerprint density at radius 2 is 2.31 bits per heavy atom. The molecule has 16 heavy (non-hydrogen) atoms. The highest BCUT2D eigenvalue weighted by Gasteiger charge is 2.22. The Balaban J connectivity index is 2.47. The van der Waals surface area contributed by atoms with Crippen LogP contribution in [0.4, 0.5) is 5.69 Å². The predicted molar refractivity (Wildman–Crippen MR) is 65.9 cm³/mol. The summed E-state index contributed by atoms with van der Waals surface area (Å²) in [6.07, 6.45) is 1.18. The molecule has 1 unspecified atom stereocenters. The first-order valence-electron chi connectivity index (χ1n) is 5.35. The third kappa shape index (κ3) is 1.93. The van der Waals surface area contributed by atoms with E-state index in [0.29, 0.717) is 6.42 Å². The zero-order chi connectivity index (χ0) is 11.9. The number of rotatable bonds is 2. The molecule has 3 nitrogen and oxygen atoms in total. The fourth-order valence-electron chi connectivity index (χ4n) is 2.10. The van der Waals surface area contributed by atoms with Crippen LogP contribution in [-0.4, -0.2) is 11.9 Å². The highest BCUT2D eigenvalue weighted by atomic mass is 35.5. The van der Waals surface area contributed by atoms with E-state index in [4.69, 9.17) is 17.3 Å². The van der Waals surface area contributed by atoms with Gasteiger partial charge in [0.15, 0.2) is 0 Å². The summed E-state index contributed by atoms with van der Waals surface area (Å²) >= 11 is 6.26. The van der Waals surface area contributed by atoms with Gasteiger partial charge in [0.25, 0.3) is 0 Å². The number of amides is 1. The van der Waals surface area contributed by atoms with Crippen molar-refractivity contribution in [3.8, 4) is 0 Å². The van der Waals surface area contributed by atoms with Crippen molar-refractivity contribution in [3.63, 3.8) is 0 Å². The van der Waals surface area contributed by atoms with E-state index < -0.39 is 0 Å². The van der Waals surface area contributed by atoms with Crippen LogP contribution in [0.3, 0.4) is 0 Å². The number of halogens is 1. The lowest BCUT2D eigenvalue weighted by atomic mass is 9.99. The SMILES string of the molecule is Cc1c(Cl)c(CC(C)N)cc2c1NC(=O)C2. The summed E-state index contributed by atoms with van der Waals surface area (Å²) in [5, 5.41) is 3.55. The molecule has 0 bridgehead atoms. The number of hydrogen-bond acceptors (Lipinski definition) is 2. The van der Waals surface area contributed by atoms with E-state index in [1.807, 2.05) is 19.9 Å². The van der Waals surface area contributed by atoms with E-state index in [-0.39, 0.29) is 11.9 Å². The van der Waals surface area contributed by atoms with Crippen LogP contribution in [0.5, 0.6) is 0 Å².